The van der Waals surface area contributed by atoms with E-state index in [0.29, 0.717) is 10.9 Å². The second-order valence-corrected chi connectivity index (χ2v) is 9.96. The molecule has 10 heteroatoms. The van der Waals surface area contributed by atoms with E-state index in [4.69, 9.17) is 0 Å². The number of hydrogen-bond donors (Lipinski definition) is 0. The molecule has 26 heavy (non-hydrogen) atoms. The van der Waals surface area contributed by atoms with Gasteiger partial charge < -0.3 is 4.90 Å². The van der Waals surface area contributed by atoms with Crippen molar-refractivity contribution in [2.75, 3.05) is 16.4 Å². The minimum absolute atomic E-state index is 0.0334. The zero-order valence-corrected chi connectivity index (χ0v) is 15.7. The Kier molecular flexibility index (Phi) is 4.85. The van der Waals surface area contributed by atoms with Gasteiger partial charge in [0.2, 0.25) is 0 Å². The molecule has 0 spiro atoms. The number of fused-ring (bicyclic) bond motifs is 1. The second kappa shape index (κ2) is 6.56. The van der Waals surface area contributed by atoms with E-state index >= 15 is 0 Å². The Morgan fingerprint density at radius 3 is 2.38 bits per heavy atom. The van der Waals surface area contributed by atoms with E-state index in [-0.39, 0.29) is 28.6 Å². The van der Waals surface area contributed by atoms with Crippen LogP contribution in [0.25, 0.3) is 0 Å². The van der Waals surface area contributed by atoms with Crippen molar-refractivity contribution in [1.29, 1.82) is 0 Å². The van der Waals surface area contributed by atoms with Gasteiger partial charge in [-0.05, 0) is 24.3 Å². The lowest BCUT2D eigenvalue weighted by Gasteiger charge is -2.25. The van der Waals surface area contributed by atoms with Crippen molar-refractivity contribution in [2.45, 2.75) is 31.3 Å². The van der Waals surface area contributed by atoms with Gasteiger partial charge in [0.05, 0.1) is 23.1 Å². The van der Waals surface area contributed by atoms with Crippen molar-refractivity contribution in [1.82, 2.24) is 0 Å². The fourth-order valence-corrected chi connectivity index (χ4v) is 6.82. The van der Waals surface area contributed by atoms with Gasteiger partial charge in [-0.2, -0.15) is 18.2 Å². The Hall–Kier alpha value is -1.55. The Labute approximate surface area is 153 Å². The average molecular weight is 406 g/mol. The van der Waals surface area contributed by atoms with Crippen molar-refractivity contribution in [3.05, 3.63) is 29.8 Å². The molecular weight excluding hydrogens is 389 g/mol. The minimum Gasteiger partial charge on any atom is -0.316 e. The summed E-state index contributed by atoms with van der Waals surface area (Å²) in [6, 6.07) is 4.01. The highest BCUT2D eigenvalue weighted by Gasteiger charge is 2.49. The van der Waals surface area contributed by atoms with Gasteiger partial charge in [0.1, 0.15) is 0 Å². The predicted molar refractivity (Wildman–Crippen MR) is 95.0 cm³/mol. The summed E-state index contributed by atoms with van der Waals surface area (Å²) in [5.41, 5.74) is -0.397. The van der Waals surface area contributed by atoms with Gasteiger partial charge in [0.25, 0.3) is 5.91 Å². The van der Waals surface area contributed by atoms with Crippen LogP contribution in [0.2, 0.25) is 0 Å². The zero-order valence-electron chi connectivity index (χ0n) is 14.0. The number of rotatable bonds is 2. The van der Waals surface area contributed by atoms with Crippen LogP contribution in [0.5, 0.6) is 0 Å². The maximum atomic E-state index is 12.8. The molecule has 2 heterocycles. The molecule has 3 rings (SSSR count). The van der Waals surface area contributed by atoms with E-state index in [1.54, 1.807) is 18.7 Å². The lowest BCUT2D eigenvalue weighted by molar-refractivity contribution is -0.137. The number of anilines is 1. The second-order valence-electron chi connectivity index (χ2n) is 6.60. The third-order valence-electron chi connectivity index (χ3n) is 4.24. The molecule has 0 saturated carbocycles. The van der Waals surface area contributed by atoms with Gasteiger partial charge in [0, 0.05) is 16.9 Å². The summed E-state index contributed by atoms with van der Waals surface area (Å²) in [7, 11) is -3.23. The molecule has 0 N–H and O–H groups in total. The molecule has 0 radical (unpaired) electrons. The summed E-state index contributed by atoms with van der Waals surface area (Å²) < 4.78 is 62.3. The lowest BCUT2D eigenvalue weighted by Crippen LogP contribution is -2.37. The first-order valence-corrected chi connectivity index (χ1v) is 10.6. The molecule has 2 aliphatic rings. The average Bonchev–Trinajstić information content (AvgIpc) is 2.97. The Bertz CT molecular complexity index is 848. The number of benzene rings is 1. The van der Waals surface area contributed by atoms with E-state index in [1.807, 2.05) is 0 Å². The maximum absolute atomic E-state index is 12.8. The summed E-state index contributed by atoms with van der Waals surface area (Å²) in [5, 5.41) is 0.0503. The van der Waals surface area contributed by atoms with Crippen LogP contribution in [0.3, 0.4) is 0 Å². The Morgan fingerprint density at radius 2 is 1.85 bits per heavy atom. The van der Waals surface area contributed by atoms with Crippen LogP contribution in [0.15, 0.2) is 29.3 Å². The fourth-order valence-electron chi connectivity index (χ4n) is 2.90. The standard InChI is InChI=1S/C16H17F3N2O3S2/c1-9(2)14(22)20-15-21(12-7-26(23,24)8-13(12)25-15)11-5-3-10(4-6-11)16(17,18)19/h3-6,9,12-13H,7-8H2,1-2H3. The highest BCUT2D eigenvalue weighted by molar-refractivity contribution is 8.16. The van der Waals surface area contributed by atoms with E-state index in [1.165, 1.54) is 23.9 Å². The monoisotopic (exact) mass is 406 g/mol. The topological polar surface area (TPSA) is 66.8 Å². The summed E-state index contributed by atoms with van der Waals surface area (Å²) >= 11 is 1.20. The molecule has 1 amide bonds. The molecule has 2 atom stereocenters. The van der Waals surface area contributed by atoms with Crippen LogP contribution >= 0.6 is 11.8 Å². The fraction of sp³-hybridized carbons (Fsp3) is 0.500. The van der Waals surface area contributed by atoms with E-state index in [9.17, 15) is 26.4 Å². The number of alkyl halides is 3. The maximum Gasteiger partial charge on any atom is 0.416 e. The molecule has 1 aromatic carbocycles. The van der Waals surface area contributed by atoms with Crippen molar-refractivity contribution >= 4 is 38.4 Å². The van der Waals surface area contributed by atoms with Crippen LogP contribution in [0.4, 0.5) is 18.9 Å². The van der Waals surface area contributed by atoms with Crippen LogP contribution < -0.4 is 4.90 Å². The number of carbonyl (C=O) groups is 1. The molecular formula is C16H17F3N2O3S2. The quantitative estimate of drug-likeness (QED) is 0.756. The number of thioether (sulfide) groups is 1. The van der Waals surface area contributed by atoms with Gasteiger partial charge in [-0.25, -0.2) is 8.42 Å². The number of carbonyl (C=O) groups excluding carboxylic acids is 1. The highest BCUT2D eigenvalue weighted by Crippen LogP contribution is 2.41. The molecule has 2 aliphatic heterocycles. The molecule has 1 aromatic rings. The van der Waals surface area contributed by atoms with Gasteiger partial charge in [0.15, 0.2) is 15.0 Å². The van der Waals surface area contributed by atoms with E-state index < -0.39 is 27.6 Å². The molecule has 2 fully saturated rings. The van der Waals surface area contributed by atoms with Crippen molar-refractivity contribution in [3.8, 4) is 0 Å². The molecule has 142 valence electrons. The lowest BCUT2D eigenvalue weighted by atomic mass is 10.1. The molecule has 0 aromatic heterocycles. The van der Waals surface area contributed by atoms with Crippen molar-refractivity contribution in [3.63, 3.8) is 0 Å². The first-order chi connectivity index (χ1) is 12.0. The number of hydrogen-bond acceptors (Lipinski definition) is 4. The normalized spacial score (nSPS) is 26.5. The number of halogens is 3. The highest BCUT2D eigenvalue weighted by atomic mass is 32.2. The van der Waals surface area contributed by atoms with Gasteiger partial charge in [-0.3, -0.25) is 4.79 Å². The Morgan fingerprint density at radius 1 is 1.23 bits per heavy atom. The summed E-state index contributed by atoms with van der Waals surface area (Å²) in [4.78, 5) is 17.7. The van der Waals surface area contributed by atoms with Crippen LogP contribution in [-0.4, -0.2) is 42.3 Å². The number of nitrogens with zero attached hydrogens (tertiary/aromatic N) is 2. The van der Waals surface area contributed by atoms with Gasteiger partial charge in [-0.1, -0.05) is 25.6 Å². The van der Waals surface area contributed by atoms with Gasteiger partial charge in [-0.15, -0.1) is 0 Å². The number of amides is 1. The van der Waals surface area contributed by atoms with Crippen LogP contribution in [-0.2, 0) is 20.8 Å². The number of sulfone groups is 1. The first-order valence-electron chi connectivity index (χ1n) is 7.94. The third kappa shape index (κ3) is 3.75. The molecule has 2 unspecified atom stereocenters. The number of amidine groups is 1. The molecule has 2 saturated heterocycles. The summed E-state index contributed by atoms with van der Waals surface area (Å²) in [6.07, 6.45) is -4.46. The SMILES string of the molecule is CC(C)C(=O)N=C1SC2CS(=O)(=O)CC2N1c1ccc(C(F)(F)F)cc1. The van der Waals surface area contributed by atoms with Crippen LogP contribution in [0.1, 0.15) is 19.4 Å². The van der Waals surface area contributed by atoms with E-state index in [0.717, 1.165) is 12.1 Å². The molecule has 5 nitrogen and oxygen atoms in total. The smallest absolute Gasteiger partial charge is 0.316 e. The minimum atomic E-state index is -4.46. The summed E-state index contributed by atoms with van der Waals surface area (Å²) in [5.74, 6) is -0.830. The van der Waals surface area contributed by atoms with Gasteiger partial charge >= 0.3 is 6.18 Å². The zero-order chi connectivity index (χ0) is 19.3. The third-order valence-corrected chi connectivity index (χ3v) is 7.45. The largest absolute Gasteiger partial charge is 0.416 e. The van der Waals surface area contributed by atoms with Crippen molar-refractivity contribution < 1.29 is 26.4 Å². The van der Waals surface area contributed by atoms with E-state index in [2.05, 4.69) is 4.99 Å². The first kappa shape index (κ1) is 19.2. The van der Waals surface area contributed by atoms with Crippen LogP contribution in [0, 0.1) is 5.92 Å². The molecule has 0 aliphatic carbocycles. The molecule has 0 bridgehead atoms. The summed E-state index contributed by atoms with van der Waals surface area (Å²) in [6.45, 7) is 3.39. The Balaban J connectivity index is 1.99. The predicted octanol–water partition coefficient (Wildman–Crippen LogP) is 2.96. The van der Waals surface area contributed by atoms with Crippen molar-refractivity contribution in [2.24, 2.45) is 10.9 Å². The number of aliphatic imine (C=N–C) groups is 1.